The fourth-order valence-corrected chi connectivity index (χ4v) is 3.00. The Labute approximate surface area is 134 Å². The van der Waals surface area contributed by atoms with Crippen LogP contribution in [0.2, 0.25) is 0 Å². The molecule has 114 valence electrons. The van der Waals surface area contributed by atoms with E-state index in [-0.39, 0.29) is 4.91 Å². The Bertz CT molecular complexity index is 1040. The molecule has 0 aliphatic carbocycles. The number of sulfone groups is 1. The minimum atomic E-state index is -3.57. The number of H-pyrrole nitrogens is 1. The van der Waals surface area contributed by atoms with E-state index in [4.69, 9.17) is 0 Å². The lowest BCUT2D eigenvalue weighted by molar-refractivity contribution is 0.609. The second kappa shape index (κ2) is 5.75. The van der Waals surface area contributed by atoms with Crippen molar-refractivity contribution in [1.29, 1.82) is 5.26 Å². The van der Waals surface area contributed by atoms with E-state index in [0.29, 0.717) is 5.56 Å². The molecule has 0 atom stereocenters. The summed E-state index contributed by atoms with van der Waals surface area (Å²) in [6.45, 7) is 0. The second-order valence-corrected chi connectivity index (χ2v) is 7.20. The summed E-state index contributed by atoms with van der Waals surface area (Å²) >= 11 is 0. The molecular formula is C18H14N2O2S. The first-order chi connectivity index (χ1) is 11.0. The van der Waals surface area contributed by atoms with Gasteiger partial charge in [0.15, 0.2) is 9.84 Å². The number of rotatable bonds is 3. The predicted octanol–water partition coefficient (Wildman–Crippen LogP) is 3.74. The summed E-state index contributed by atoms with van der Waals surface area (Å²) in [5.41, 5.74) is 3.32. The van der Waals surface area contributed by atoms with Crippen molar-refractivity contribution in [3.8, 4) is 17.3 Å². The largest absolute Gasteiger partial charge is 0.354 e. The summed E-state index contributed by atoms with van der Waals surface area (Å²) in [4.78, 5) is 3.06. The Hall–Kier alpha value is -2.84. The number of benzene rings is 2. The first-order valence-corrected chi connectivity index (χ1v) is 8.88. The number of nitriles is 1. The monoisotopic (exact) mass is 322 g/mol. The first kappa shape index (κ1) is 15.1. The third-order valence-electron chi connectivity index (χ3n) is 3.59. The van der Waals surface area contributed by atoms with Crippen LogP contribution in [0, 0.1) is 11.3 Å². The van der Waals surface area contributed by atoms with Gasteiger partial charge in [-0.1, -0.05) is 48.5 Å². The summed E-state index contributed by atoms with van der Waals surface area (Å²) in [6, 6.07) is 19.0. The lowest BCUT2D eigenvalue weighted by atomic mass is 10.0. The van der Waals surface area contributed by atoms with E-state index >= 15 is 0 Å². The zero-order valence-corrected chi connectivity index (χ0v) is 13.3. The minimum Gasteiger partial charge on any atom is -0.354 e. The van der Waals surface area contributed by atoms with Crippen molar-refractivity contribution < 1.29 is 8.42 Å². The van der Waals surface area contributed by atoms with E-state index in [1.807, 2.05) is 54.6 Å². The number of fused-ring (bicyclic) bond motifs is 1. The molecular weight excluding hydrogens is 308 g/mol. The highest BCUT2D eigenvalue weighted by atomic mass is 32.2. The zero-order chi connectivity index (χ0) is 16.4. The van der Waals surface area contributed by atoms with Gasteiger partial charge < -0.3 is 4.98 Å². The molecule has 0 aliphatic heterocycles. The highest BCUT2D eigenvalue weighted by Gasteiger charge is 2.16. The summed E-state index contributed by atoms with van der Waals surface area (Å²) in [5, 5.41) is 10.1. The van der Waals surface area contributed by atoms with Gasteiger partial charge >= 0.3 is 0 Å². The number of nitrogens with one attached hydrogen (secondary N) is 1. The van der Waals surface area contributed by atoms with E-state index in [2.05, 4.69) is 4.98 Å². The molecule has 1 aromatic heterocycles. The maximum absolute atomic E-state index is 11.8. The van der Waals surface area contributed by atoms with Gasteiger partial charge in [-0.05, 0) is 17.7 Å². The molecule has 0 radical (unpaired) electrons. The summed E-state index contributed by atoms with van der Waals surface area (Å²) < 4.78 is 23.5. The van der Waals surface area contributed by atoms with Crippen LogP contribution >= 0.6 is 0 Å². The zero-order valence-electron chi connectivity index (χ0n) is 12.4. The molecule has 3 aromatic rings. The molecule has 0 fully saturated rings. The summed E-state index contributed by atoms with van der Waals surface area (Å²) in [5.74, 6) is 0. The molecule has 23 heavy (non-hydrogen) atoms. The molecule has 0 bridgehead atoms. The minimum absolute atomic E-state index is 0.251. The van der Waals surface area contributed by atoms with Crippen molar-refractivity contribution in [2.24, 2.45) is 0 Å². The lowest BCUT2D eigenvalue weighted by Crippen LogP contribution is -1.98. The number of allylic oxidation sites excluding steroid dienone is 1. The Kier molecular flexibility index (Phi) is 3.77. The quantitative estimate of drug-likeness (QED) is 0.746. The molecule has 1 N–H and O–H groups in total. The SMILES string of the molecule is CS(=O)(=O)/C(C#N)=C/c1c(-c2ccccc2)[nH]c2ccccc12. The van der Waals surface area contributed by atoms with Gasteiger partial charge in [-0.15, -0.1) is 0 Å². The number of nitrogens with zero attached hydrogens (tertiary/aromatic N) is 1. The molecule has 0 unspecified atom stereocenters. The number of aromatic amines is 1. The maximum atomic E-state index is 11.8. The molecule has 4 nitrogen and oxygen atoms in total. The number of para-hydroxylation sites is 1. The molecule has 0 saturated heterocycles. The van der Waals surface area contributed by atoms with Gasteiger partial charge in [0.1, 0.15) is 11.0 Å². The smallest absolute Gasteiger partial charge is 0.185 e. The molecule has 0 spiro atoms. The second-order valence-electron chi connectivity index (χ2n) is 5.22. The van der Waals surface area contributed by atoms with Gasteiger partial charge in [-0.25, -0.2) is 8.42 Å². The molecule has 1 heterocycles. The number of aromatic nitrogens is 1. The van der Waals surface area contributed by atoms with E-state index in [1.165, 1.54) is 6.08 Å². The maximum Gasteiger partial charge on any atom is 0.185 e. The third kappa shape index (κ3) is 2.89. The molecule has 3 rings (SSSR count). The van der Waals surface area contributed by atoms with Crippen molar-refractivity contribution >= 4 is 26.8 Å². The van der Waals surface area contributed by atoms with Crippen LogP contribution in [0.25, 0.3) is 28.2 Å². The fraction of sp³-hybridized carbons (Fsp3) is 0.0556. The molecule has 0 saturated carbocycles. The van der Waals surface area contributed by atoms with Crippen LogP contribution in [0.15, 0.2) is 59.5 Å². The van der Waals surface area contributed by atoms with E-state index in [1.54, 1.807) is 6.07 Å². The summed E-state index contributed by atoms with van der Waals surface area (Å²) in [6.07, 6.45) is 2.48. The van der Waals surface area contributed by atoms with E-state index in [9.17, 15) is 13.7 Å². The van der Waals surface area contributed by atoms with E-state index < -0.39 is 9.84 Å². The summed E-state index contributed by atoms with van der Waals surface area (Å²) in [7, 11) is -3.57. The number of hydrogen-bond donors (Lipinski definition) is 1. The van der Waals surface area contributed by atoms with Crippen LogP contribution in [-0.2, 0) is 9.84 Å². The van der Waals surface area contributed by atoms with Crippen molar-refractivity contribution in [3.05, 3.63) is 65.1 Å². The van der Waals surface area contributed by atoms with Crippen LogP contribution < -0.4 is 0 Å². The molecule has 5 heteroatoms. The molecule has 2 aromatic carbocycles. The highest BCUT2D eigenvalue weighted by Crippen LogP contribution is 2.32. The van der Waals surface area contributed by atoms with Gasteiger partial charge in [0.2, 0.25) is 0 Å². The Balaban J connectivity index is 2.35. The Morgan fingerprint density at radius 2 is 1.74 bits per heavy atom. The average Bonchev–Trinajstić information content (AvgIpc) is 2.91. The highest BCUT2D eigenvalue weighted by molar-refractivity contribution is 7.95. The van der Waals surface area contributed by atoms with Crippen LogP contribution in [0.4, 0.5) is 0 Å². The Morgan fingerprint density at radius 1 is 1.09 bits per heavy atom. The molecule has 0 aliphatic rings. The standard InChI is InChI=1S/C18H14N2O2S/c1-23(21,22)14(12-19)11-16-15-9-5-6-10-17(15)20-18(16)13-7-3-2-4-8-13/h2-11,20H,1H3/b14-11+. The van der Waals surface area contributed by atoms with Crippen LogP contribution in [-0.4, -0.2) is 19.7 Å². The van der Waals surface area contributed by atoms with Gasteiger partial charge in [0.25, 0.3) is 0 Å². The predicted molar refractivity (Wildman–Crippen MR) is 92.2 cm³/mol. The van der Waals surface area contributed by atoms with Gasteiger partial charge in [0.05, 0.1) is 5.69 Å². The van der Waals surface area contributed by atoms with Crippen LogP contribution in [0.5, 0.6) is 0 Å². The molecule has 0 amide bonds. The van der Waals surface area contributed by atoms with Gasteiger partial charge in [-0.3, -0.25) is 0 Å². The van der Waals surface area contributed by atoms with Crippen molar-refractivity contribution in [3.63, 3.8) is 0 Å². The third-order valence-corrected chi connectivity index (χ3v) is 4.60. The normalized spacial score (nSPS) is 12.3. The average molecular weight is 322 g/mol. The Morgan fingerprint density at radius 3 is 2.39 bits per heavy atom. The number of hydrogen-bond acceptors (Lipinski definition) is 3. The van der Waals surface area contributed by atoms with Crippen molar-refractivity contribution in [2.45, 2.75) is 0 Å². The lowest BCUT2D eigenvalue weighted by Gasteiger charge is -2.02. The van der Waals surface area contributed by atoms with Crippen molar-refractivity contribution in [2.75, 3.05) is 6.26 Å². The van der Waals surface area contributed by atoms with Crippen LogP contribution in [0.1, 0.15) is 5.56 Å². The fourth-order valence-electron chi connectivity index (χ4n) is 2.50. The van der Waals surface area contributed by atoms with Gasteiger partial charge in [0, 0.05) is 22.7 Å². The van der Waals surface area contributed by atoms with E-state index in [0.717, 1.165) is 28.4 Å². The topological polar surface area (TPSA) is 73.7 Å². The van der Waals surface area contributed by atoms with Crippen molar-refractivity contribution in [1.82, 2.24) is 4.98 Å². The van der Waals surface area contributed by atoms with Crippen LogP contribution in [0.3, 0.4) is 0 Å². The first-order valence-electron chi connectivity index (χ1n) is 6.98. The van der Waals surface area contributed by atoms with Gasteiger partial charge in [-0.2, -0.15) is 5.26 Å².